The average molecular weight is 289 g/mol. The first kappa shape index (κ1) is 13.9. The molecule has 1 aliphatic heterocycles. The summed E-state index contributed by atoms with van der Waals surface area (Å²) in [5.41, 5.74) is 0.920. The van der Waals surface area contributed by atoms with E-state index in [0.29, 0.717) is 13.1 Å². The third-order valence-electron chi connectivity index (χ3n) is 3.74. The van der Waals surface area contributed by atoms with E-state index in [4.69, 9.17) is 8.94 Å². The van der Waals surface area contributed by atoms with Gasteiger partial charge in [-0.1, -0.05) is 5.16 Å². The lowest BCUT2D eigenvalue weighted by atomic mass is 10.1. The van der Waals surface area contributed by atoms with Crippen LogP contribution in [-0.2, 0) is 11.3 Å². The van der Waals surface area contributed by atoms with Crippen LogP contribution >= 0.6 is 0 Å². The van der Waals surface area contributed by atoms with Crippen molar-refractivity contribution >= 4 is 5.91 Å². The molecule has 21 heavy (non-hydrogen) atoms. The molecule has 0 radical (unpaired) electrons. The monoisotopic (exact) mass is 289 g/mol. The average Bonchev–Trinajstić information content (AvgIpc) is 3.17. The van der Waals surface area contributed by atoms with E-state index in [0.717, 1.165) is 36.6 Å². The number of amides is 1. The minimum absolute atomic E-state index is 0.00137. The van der Waals surface area contributed by atoms with Crippen molar-refractivity contribution in [2.45, 2.75) is 32.4 Å². The summed E-state index contributed by atoms with van der Waals surface area (Å²) in [5, 5.41) is 6.95. The summed E-state index contributed by atoms with van der Waals surface area (Å²) in [6, 6.07) is 5.78. The molecule has 112 valence electrons. The largest absolute Gasteiger partial charge is 0.467 e. The molecule has 1 N–H and O–H groups in total. The minimum atomic E-state index is -0.00137. The molecular weight excluding hydrogens is 270 g/mol. The first-order valence-electron chi connectivity index (χ1n) is 7.19. The smallest absolute Gasteiger partial charge is 0.234 e. The first-order valence-corrected chi connectivity index (χ1v) is 7.19. The second-order valence-corrected chi connectivity index (χ2v) is 5.35. The molecule has 1 fully saturated rings. The maximum absolute atomic E-state index is 12.0. The summed E-state index contributed by atoms with van der Waals surface area (Å²) < 4.78 is 10.3. The molecule has 3 rings (SSSR count). The molecule has 0 aliphatic carbocycles. The second-order valence-electron chi connectivity index (χ2n) is 5.35. The zero-order valence-corrected chi connectivity index (χ0v) is 12.0. The van der Waals surface area contributed by atoms with Crippen molar-refractivity contribution in [2.24, 2.45) is 0 Å². The lowest BCUT2D eigenvalue weighted by molar-refractivity contribution is -0.122. The van der Waals surface area contributed by atoms with E-state index < -0.39 is 0 Å². The molecule has 3 heterocycles. The van der Waals surface area contributed by atoms with Crippen LogP contribution in [0.3, 0.4) is 0 Å². The SMILES string of the molecule is Cc1cc([C@@H]2CCCN2CC(=O)NCc2ccco2)no1. The Morgan fingerprint density at radius 1 is 1.57 bits per heavy atom. The zero-order valence-electron chi connectivity index (χ0n) is 12.0. The highest BCUT2D eigenvalue weighted by Crippen LogP contribution is 2.30. The molecule has 1 amide bonds. The van der Waals surface area contributed by atoms with Crippen molar-refractivity contribution in [3.05, 3.63) is 41.7 Å². The van der Waals surface area contributed by atoms with Crippen LogP contribution in [0.5, 0.6) is 0 Å². The van der Waals surface area contributed by atoms with Crippen LogP contribution in [0.1, 0.15) is 36.1 Å². The van der Waals surface area contributed by atoms with Crippen LogP contribution in [0, 0.1) is 6.92 Å². The Kier molecular flexibility index (Phi) is 4.06. The molecular formula is C15H19N3O3. The standard InChI is InChI=1S/C15H19N3O3/c1-11-8-13(17-21-11)14-5-2-6-18(14)10-15(19)16-9-12-4-3-7-20-12/h3-4,7-8,14H,2,5-6,9-10H2,1H3,(H,16,19)/t14-/m0/s1. The normalized spacial score (nSPS) is 19.0. The Hall–Kier alpha value is -2.08. The summed E-state index contributed by atoms with van der Waals surface area (Å²) in [6.45, 7) is 3.58. The molecule has 1 atom stereocenters. The van der Waals surface area contributed by atoms with Gasteiger partial charge in [0.15, 0.2) is 0 Å². The van der Waals surface area contributed by atoms with Gasteiger partial charge in [-0.25, -0.2) is 0 Å². The van der Waals surface area contributed by atoms with Crippen molar-refractivity contribution in [1.29, 1.82) is 0 Å². The fraction of sp³-hybridized carbons (Fsp3) is 0.467. The predicted molar refractivity (Wildman–Crippen MR) is 75.3 cm³/mol. The third kappa shape index (κ3) is 3.33. The van der Waals surface area contributed by atoms with Gasteiger partial charge >= 0.3 is 0 Å². The number of aromatic nitrogens is 1. The van der Waals surface area contributed by atoms with Gasteiger partial charge in [-0.2, -0.15) is 0 Å². The molecule has 0 saturated carbocycles. The highest BCUT2D eigenvalue weighted by molar-refractivity contribution is 5.78. The van der Waals surface area contributed by atoms with Gasteiger partial charge in [0.1, 0.15) is 17.2 Å². The lowest BCUT2D eigenvalue weighted by Crippen LogP contribution is -2.36. The fourth-order valence-electron chi connectivity index (χ4n) is 2.73. The molecule has 1 saturated heterocycles. The Morgan fingerprint density at radius 2 is 2.48 bits per heavy atom. The fourth-order valence-corrected chi connectivity index (χ4v) is 2.73. The zero-order chi connectivity index (χ0) is 14.7. The number of carbonyl (C=O) groups is 1. The van der Waals surface area contributed by atoms with E-state index in [2.05, 4.69) is 15.4 Å². The van der Waals surface area contributed by atoms with Crippen LogP contribution in [-0.4, -0.2) is 29.1 Å². The molecule has 6 heteroatoms. The summed E-state index contributed by atoms with van der Waals surface area (Å²) in [5.74, 6) is 1.56. The Bertz CT molecular complexity index is 591. The summed E-state index contributed by atoms with van der Waals surface area (Å²) in [6.07, 6.45) is 3.68. The van der Waals surface area contributed by atoms with Crippen LogP contribution in [0.2, 0.25) is 0 Å². The van der Waals surface area contributed by atoms with Crippen molar-refractivity contribution in [1.82, 2.24) is 15.4 Å². The van der Waals surface area contributed by atoms with E-state index >= 15 is 0 Å². The first-order chi connectivity index (χ1) is 10.2. The van der Waals surface area contributed by atoms with E-state index in [9.17, 15) is 4.79 Å². The number of hydrogen-bond acceptors (Lipinski definition) is 5. The van der Waals surface area contributed by atoms with Gasteiger partial charge in [0, 0.05) is 6.07 Å². The van der Waals surface area contributed by atoms with Gasteiger partial charge in [0.25, 0.3) is 0 Å². The molecule has 2 aromatic rings. The maximum atomic E-state index is 12.0. The number of rotatable bonds is 5. The summed E-state index contributed by atoms with van der Waals surface area (Å²) in [7, 11) is 0. The van der Waals surface area contributed by atoms with Gasteiger partial charge in [-0.3, -0.25) is 9.69 Å². The highest BCUT2D eigenvalue weighted by atomic mass is 16.5. The predicted octanol–water partition coefficient (Wildman–Crippen LogP) is 2.03. The molecule has 0 bridgehead atoms. The lowest BCUT2D eigenvalue weighted by Gasteiger charge is -2.21. The molecule has 6 nitrogen and oxygen atoms in total. The van der Waals surface area contributed by atoms with Crippen molar-refractivity contribution < 1.29 is 13.7 Å². The summed E-state index contributed by atoms with van der Waals surface area (Å²) in [4.78, 5) is 14.2. The van der Waals surface area contributed by atoms with E-state index in [1.165, 1.54) is 0 Å². The van der Waals surface area contributed by atoms with Crippen molar-refractivity contribution in [3.63, 3.8) is 0 Å². The van der Waals surface area contributed by atoms with Gasteiger partial charge < -0.3 is 14.3 Å². The number of hydrogen-bond donors (Lipinski definition) is 1. The Morgan fingerprint density at radius 3 is 3.19 bits per heavy atom. The number of carbonyl (C=O) groups excluding carboxylic acids is 1. The van der Waals surface area contributed by atoms with E-state index in [1.807, 2.05) is 25.1 Å². The Balaban J connectivity index is 1.54. The molecule has 0 aromatic carbocycles. The van der Waals surface area contributed by atoms with Crippen molar-refractivity contribution in [2.75, 3.05) is 13.1 Å². The number of likely N-dealkylation sites (tertiary alicyclic amines) is 1. The van der Waals surface area contributed by atoms with Gasteiger partial charge in [0.2, 0.25) is 5.91 Å². The highest BCUT2D eigenvalue weighted by Gasteiger charge is 2.29. The van der Waals surface area contributed by atoms with E-state index in [-0.39, 0.29) is 11.9 Å². The van der Waals surface area contributed by atoms with Gasteiger partial charge in [-0.05, 0) is 38.4 Å². The number of aryl methyl sites for hydroxylation is 1. The molecule has 0 unspecified atom stereocenters. The van der Waals surface area contributed by atoms with Gasteiger partial charge in [0.05, 0.1) is 25.4 Å². The van der Waals surface area contributed by atoms with Crippen molar-refractivity contribution in [3.8, 4) is 0 Å². The number of nitrogens with one attached hydrogen (secondary N) is 1. The minimum Gasteiger partial charge on any atom is -0.467 e. The van der Waals surface area contributed by atoms with Crippen LogP contribution in [0.25, 0.3) is 0 Å². The number of furan rings is 1. The quantitative estimate of drug-likeness (QED) is 0.912. The van der Waals surface area contributed by atoms with E-state index in [1.54, 1.807) is 6.26 Å². The maximum Gasteiger partial charge on any atom is 0.234 e. The molecule has 1 aliphatic rings. The van der Waals surface area contributed by atoms with Gasteiger partial charge in [-0.15, -0.1) is 0 Å². The topological polar surface area (TPSA) is 71.5 Å². The second kappa shape index (κ2) is 6.13. The molecule has 0 spiro atoms. The van der Waals surface area contributed by atoms with Crippen LogP contribution < -0.4 is 5.32 Å². The third-order valence-corrected chi connectivity index (χ3v) is 3.74. The summed E-state index contributed by atoms with van der Waals surface area (Å²) >= 11 is 0. The Labute approximate surface area is 123 Å². The molecule has 2 aromatic heterocycles. The van der Waals surface area contributed by atoms with Crippen LogP contribution in [0.15, 0.2) is 33.4 Å². The number of nitrogens with zero attached hydrogens (tertiary/aromatic N) is 2. The van der Waals surface area contributed by atoms with Crippen LogP contribution in [0.4, 0.5) is 0 Å².